The van der Waals surface area contributed by atoms with Crippen LogP contribution in [0.3, 0.4) is 0 Å². The molecule has 0 aliphatic heterocycles. The molecule has 0 saturated heterocycles. The number of nitrogens with zero attached hydrogens (tertiary/aromatic N) is 3. The van der Waals surface area contributed by atoms with E-state index in [9.17, 15) is 4.79 Å². The summed E-state index contributed by atoms with van der Waals surface area (Å²) in [5, 5.41) is 13.9. The van der Waals surface area contributed by atoms with Gasteiger partial charge in [0.15, 0.2) is 5.82 Å². The fourth-order valence-electron chi connectivity index (χ4n) is 1.68. The monoisotopic (exact) mass is 313 g/mol. The Morgan fingerprint density at radius 2 is 2.15 bits per heavy atom. The lowest BCUT2D eigenvalue weighted by molar-refractivity contribution is 0.249. The van der Waals surface area contributed by atoms with E-state index in [4.69, 9.17) is 23.2 Å². The van der Waals surface area contributed by atoms with E-state index in [1.165, 1.54) is 10.9 Å². The van der Waals surface area contributed by atoms with Crippen LogP contribution in [0.4, 0.5) is 10.6 Å². The molecular formula is C12H13Cl2N5O. The fraction of sp³-hybridized carbons (Fsp3) is 0.250. The average molecular weight is 314 g/mol. The van der Waals surface area contributed by atoms with Crippen LogP contribution < -0.4 is 10.6 Å². The molecule has 0 radical (unpaired) electrons. The Kier molecular flexibility index (Phi) is 4.46. The first kappa shape index (κ1) is 14.6. The zero-order chi connectivity index (χ0) is 14.7. The van der Waals surface area contributed by atoms with Gasteiger partial charge in [-0.1, -0.05) is 34.5 Å². The molecule has 1 heterocycles. The number of rotatable bonds is 3. The number of aromatic nitrogens is 3. The number of halogens is 2. The molecular weight excluding hydrogens is 301 g/mol. The Morgan fingerprint density at radius 1 is 1.40 bits per heavy atom. The largest absolute Gasteiger partial charge is 0.331 e. The van der Waals surface area contributed by atoms with Crippen LogP contribution in [0.15, 0.2) is 24.4 Å². The van der Waals surface area contributed by atoms with E-state index in [2.05, 4.69) is 20.9 Å². The highest BCUT2D eigenvalue weighted by atomic mass is 35.5. The number of hydrogen-bond donors (Lipinski definition) is 2. The van der Waals surface area contributed by atoms with Crippen molar-refractivity contribution >= 4 is 35.1 Å². The number of nitrogens with one attached hydrogen (secondary N) is 2. The molecule has 0 spiro atoms. The number of urea groups is 1. The quantitative estimate of drug-likeness (QED) is 0.915. The molecule has 106 valence electrons. The van der Waals surface area contributed by atoms with E-state index in [1.807, 2.05) is 6.92 Å². The zero-order valence-electron chi connectivity index (χ0n) is 10.9. The van der Waals surface area contributed by atoms with Crippen molar-refractivity contribution in [2.45, 2.75) is 13.0 Å². The number of carbonyl (C=O) groups excluding carboxylic acids is 1. The number of anilines is 1. The standard InChI is InChI=1S/C12H13Cl2N5O/c1-7(9-4-3-8(13)5-10(9)14)16-12(20)17-11-6-15-18-19(11)2/h3-7H,1-2H3,(H2,16,17,20)/t7-/m1/s1. The second-order valence-electron chi connectivity index (χ2n) is 4.23. The van der Waals surface area contributed by atoms with Crippen LogP contribution in [0.2, 0.25) is 10.0 Å². The van der Waals surface area contributed by atoms with Gasteiger partial charge >= 0.3 is 6.03 Å². The molecule has 2 N–H and O–H groups in total. The number of amides is 2. The Labute approximate surface area is 126 Å². The van der Waals surface area contributed by atoms with Gasteiger partial charge in [0.05, 0.1) is 12.2 Å². The summed E-state index contributed by atoms with van der Waals surface area (Å²) in [7, 11) is 1.68. The summed E-state index contributed by atoms with van der Waals surface area (Å²) in [5.74, 6) is 0.497. The molecule has 6 nitrogen and oxygen atoms in total. The minimum Gasteiger partial charge on any atom is -0.331 e. The van der Waals surface area contributed by atoms with E-state index < -0.39 is 0 Å². The van der Waals surface area contributed by atoms with Gasteiger partial charge in [0.1, 0.15) is 0 Å². The van der Waals surface area contributed by atoms with Gasteiger partial charge in [-0.05, 0) is 24.6 Å². The Morgan fingerprint density at radius 3 is 2.75 bits per heavy atom. The minimum atomic E-state index is -0.367. The summed E-state index contributed by atoms with van der Waals surface area (Å²) in [6, 6.07) is 4.51. The second kappa shape index (κ2) is 6.11. The first-order valence-corrected chi connectivity index (χ1v) is 6.60. The maximum atomic E-state index is 11.9. The van der Waals surface area contributed by atoms with Crippen molar-refractivity contribution in [3.8, 4) is 0 Å². The third-order valence-electron chi connectivity index (χ3n) is 2.73. The molecule has 0 aliphatic carbocycles. The topological polar surface area (TPSA) is 71.8 Å². The molecule has 0 unspecified atom stereocenters. The summed E-state index contributed by atoms with van der Waals surface area (Å²) in [4.78, 5) is 11.9. The molecule has 2 aromatic rings. The van der Waals surface area contributed by atoms with Crippen molar-refractivity contribution in [2.24, 2.45) is 7.05 Å². The van der Waals surface area contributed by atoms with Crippen LogP contribution in [-0.2, 0) is 7.05 Å². The van der Waals surface area contributed by atoms with E-state index in [1.54, 1.807) is 25.2 Å². The van der Waals surface area contributed by atoms with Crippen LogP contribution in [-0.4, -0.2) is 21.0 Å². The molecule has 20 heavy (non-hydrogen) atoms. The molecule has 2 amide bonds. The van der Waals surface area contributed by atoms with Gasteiger partial charge in [0, 0.05) is 17.1 Å². The van der Waals surface area contributed by atoms with Gasteiger partial charge in [0.25, 0.3) is 0 Å². The van der Waals surface area contributed by atoms with Gasteiger partial charge in [-0.3, -0.25) is 5.32 Å². The minimum absolute atomic E-state index is 0.263. The van der Waals surface area contributed by atoms with E-state index in [-0.39, 0.29) is 12.1 Å². The van der Waals surface area contributed by atoms with Gasteiger partial charge < -0.3 is 5.32 Å². The number of carbonyl (C=O) groups is 1. The van der Waals surface area contributed by atoms with E-state index in [0.29, 0.717) is 15.9 Å². The molecule has 1 aromatic carbocycles. The smallest absolute Gasteiger partial charge is 0.320 e. The molecule has 2 rings (SSSR count). The SMILES string of the molecule is C[C@@H](NC(=O)Nc1cnnn1C)c1ccc(Cl)cc1Cl. The molecule has 1 atom stereocenters. The molecule has 0 aliphatic rings. The lowest BCUT2D eigenvalue weighted by atomic mass is 10.1. The van der Waals surface area contributed by atoms with Crippen molar-refractivity contribution in [2.75, 3.05) is 5.32 Å². The maximum Gasteiger partial charge on any atom is 0.320 e. The fourth-order valence-corrected chi connectivity index (χ4v) is 2.25. The summed E-state index contributed by atoms with van der Waals surface area (Å²) in [6.07, 6.45) is 1.46. The first-order valence-electron chi connectivity index (χ1n) is 5.84. The molecule has 0 saturated carbocycles. The number of aryl methyl sites for hydroxylation is 1. The molecule has 0 fully saturated rings. The van der Waals surface area contributed by atoms with Crippen LogP contribution in [0, 0.1) is 0 Å². The first-order chi connectivity index (χ1) is 9.47. The Balaban J connectivity index is 2.02. The van der Waals surface area contributed by atoms with Gasteiger partial charge in [-0.25, -0.2) is 9.48 Å². The van der Waals surface area contributed by atoms with Gasteiger partial charge in [-0.15, -0.1) is 5.10 Å². The maximum absolute atomic E-state index is 11.9. The molecule has 0 bridgehead atoms. The number of hydrogen-bond acceptors (Lipinski definition) is 3. The zero-order valence-corrected chi connectivity index (χ0v) is 12.4. The summed E-state index contributed by atoms with van der Waals surface area (Å²) >= 11 is 11.9. The Bertz CT molecular complexity index is 628. The van der Waals surface area contributed by atoms with Crippen molar-refractivity contribution < 1.29 is 4.79 Å². The van der Waals surface area contributed by atoms with Crippen molar-refractivity contribution in [3.05, 3.63) is 40.0 Å². The summed E-state index contributed by atoms with van der Waals surface area (Å²) < 4.78 is 1.46. The van der Waals surface area contributed by atoms with E-state index in [0.717, 1.165) is 5.56 Å². The summed E-state index contributed by atoms with van der Waals surface area (Å²) in [6.45, 7) is 1.83. The molecule has 8 heteroatoms. The van der Waals surface area contributed by atoms with Gasteiger partial charge in [-0.2, -0.15) is 0 Å². The van der Waals surface area contributed by atoms with Crippen LogP contribution >= 0.6 is 23.2 Å². The van der Waals surface area contributed by atoms with Crippen LogP contribution in [0.25, 0.3) is 0 Å². The lowest BCUT2D eigenvalue weighted by Crippen LogP contribution is -2.31. The normalized spacial score (nSPS) is 12.0. The highest BCUT2D eigenvalue weighted by molar-refractivity contribution is 6.35. The van der Waals surface area contributed by atoms with Crippen molar-refractivity contribution in [1.29, 1.82) is 0 Å². The second-order valence-corrected chi connectivity index (χ2v) is 5.07. The van der Waals surface area contributed by atoms with E-state index >= 15 is 0 Å². The predicted molar refractivity (Wildman–Crippen MR) is 78.0 cm³/mol. The lowest BCUT2D eigenvalue weighted by Gasteiger charge is -2.16. The summed E-state index contributed by atoms with van der Waals surface area (Å²) in [5.41, 5.74) is 0.786. The highest BCUT2D eigenvalue weighted by Crippen LogP contribution is 2.26. The van der Waals surface area contributed by atoms with Crippen molar-refractivity contribution in [3.63, 3.8) is 0 Å². The predicted octanol–water partition coefficient (Wildman–Crippen LogP) is 3.00. The Hall–Kier alpha value is -1.79. The molecule has 1 aromatic heterocycles. The van der Waals surface area contributed by atoms with Gasteiger partial charge in [0.2, 0.25) is 0 Å². The number of benzene rings is 1. The third-order valence-corrected chi connectivity index (χ3v) is 3.30. The van der Waals surface area contributed by atoms with Crippen molar-refractivity contribution in [1.82, 2.24) is 20.3 Å². The van der Waals surface area contributed by atoms with Crippen LogP contribution in [0.5, 0.6) is 0 Å². The van der Waals surface area contributed by atoms with Crippen LogP contribution in [0.1, 0.15) is 18.5 Å². The average Bonchev–Trinajstić information content (AvgIpc) is 2.74. The highest BCUT2D eigenvalue weighted by Gasteiger charge is 2.14. The third kappa shape index (κ3) is 3.40.